The highest BCUT2D eigenvalue weighted by molar-refractivity contribution is 6.74. The molecule has 1 unspecified atom stereocenters. The predicted molar refractivity (Wildman–Crippen MR) is 226 cm³/mol. The van der Waals surface area contributed by atoms with Crippen molar-refractivity contribution in [3.8, 4) is 17.4 Å². The van der Waals surface area contributed by atoms with Gasteiger partial charge in [-0.15, -0.1) is 13.2 Å². The molecule has 0 bridgehead atoms. The molecule has 0 spiro atoms. The molecule has 4 atom stereocenters. The molecule has 1 aromatic heterocycles. The van der Waals surface area contributed by atoms with Crippen molar-refractivity contribution < 1.29 is 42.6 Å². The fourth-order valence-electron chi connectivity index (χ4n) is 8.65. The molecular weight excluding hydrogens is 765 g/mol. The number of hydrogen-bond acceptors (Lipinski definition) is 11. The van der Waals surface area contributed by atoms with E-state index in [-0.39, 0.29) is 77.2 Å². The predicted octanol–water partition coefficient (Wildman–Crippen LogP) is 9.06. The fraction of sp³-hybridized carbons (Fsp3) is 0.362. The summed E-state index contributed by atoms with van der Waals surface area (Å²) >= 11 is 0. The minimum atomic E-state index is -3.00. The number of aliphatic hydroxyl groups is 1. The summed E-state index contributed by atoms with van der Waals surface area (Å²) in [5, 5.41) is 16.5. The first-order chi connectivity index (χ1) is 28.2. The summed E-state index contributed by atoms with van der Waals surface area (Å²) < 4.78 is 31.9. The maximum atomic E-state index is 16.0. The Morgan fingerprint density at radius 2 is 1.56 bits per heavy atom. The van der Waals surface area contributed by atoms with Gasteiger partial charge >= 0.3 is 0 Å². The van der Waals surface area contributed by atoms with Crippen LogP contribution in [0.1, 0.15) is 82.0 Å². The summed E-state index contributed by atoms with van der Waals surface area (Å²) in [6, 6.07) is 19.8. The van der Waals surface area contributed by atoms with E-state index in [4.69, 9.17) is 23.2 Å². The van der Waals surface area contributed by atoms with Crippen molar-refractivity contribution in [1.29, 1.82) is 0 Å². The standard InChI is InChI=1S/C47H52N2O9Si/c1-9-21-49(22-10-2)39-34-24-31-23-33-37(35(25-32(26-50)41(33)54-6)55-27-29-17-13-11-14-18-29)40(51)36(31)43(52)47(34,58-59(7,8)46(3,4)5)44(53)38-42(39)57-48-45(38)56-28-30-19-15-12-16-20-30/h9-20,25-26,31,34,39,51H,1-2,21-24,27-28H2,3-8H3/t31-,34-,39-,47?/m0/s1. The summed E-state index contributed by atoms with van der Waals surface area (Å²) in [4.78, 5) is 46.3. The van der Waals surface area contributed by atoms with Crippen molar-refractivity contribution in [3.63, 3.8) is 0 Å². The van der Waals surface area contributed by atoms with Gasteiger partial charge in [-0.3, -0.25) is 19.3 Å². The van der Waals surface area contributed by atoms with Gasteiger partial charge in [-0.25, -0.2) is 0 Å². The van der Waals surface area contributed by atoms with Gasteiger partial charge in [0.25, 0.3) is 5.88 Å². The Kier molecular flexibility index (Phi) is 11.4. The third kappa shape index (κ3) is 7.17. The number of aromatic nitrogens is 1. The molecule has 3 aromatic carbocycles. The summed E-state index contributed by atoms with van der Waals surface area (Å²) in [5.74, 6) is -2.32. The van der Waals surface area contributed by atoms with Gasteiger partial charge < -0.3 is 28.3 Å². The number of fused-ring (bicyclic) bond motifs is 4. The maximum absolute atomic E-state index is 16.0. The summed E-state index contributed by atoms with van der Waals surface area (Å²) in [6.45, 7) is 19.1. The molecule has 59 heavy (non-hydrogen) atoms. The minimum absolute atomic E-state index is 0.0336. The van der Waals surface area contributed by atoms with Crippen LogP contribution in [0.15, 0.2) is 102 Å². The number of nitrogens with zero attached hydrogens (tertiary/aromatic N) is 2. The van der Waals surface area contributed by atoms with Crippen molar-refractivity contribution in [2.75, 3.05) is 20.2 Å². The average Bonchev–Trinajstić information content (AvgIpc) is 3.63. The molecule has 12 heteroatoms. The monoisotopic (exact) mass is 816 g/mol. The fourth-order valence-corrected chi connectivity index (χ4v) is 10.1. The van der Waals surface area contributed by atoms with Crippen LogP contribution in [0.25, 0.3) is 5.76 Å². The Hall–Kier alpha value is -5.56. The van der Waals surface area contributed by atoms with Gasteiger partial charge in [0.05, 0.1) is 24.3 Å². The van der Waals surface area contributed by atoms with Gasteiger partial charge in [-0.05, 0) is 59.2 Å². The van der Waals surface area contributed by atoms with Crippen molar-refractivity contribution in [1.82, 2.24) is 10.1 Å². The lowest BCUT2D eigenvalue weighted by molar-refractivity contribution is -0.141. The lowest BCUT2D eigenvalue weighted by atomic mass is 9.57. The number of Topliss-reactive ketones (excluding diaryl/α,β-unsaturated/α-hetero) is 2. The van der Waals surface area contributed by atoms with E-state index in [1.807, 2.05) is 99.4 Å². The van der Waals surface area contributed by atoms with Crippen molar-refractivity contribution >= 4 is 31.9 Å². The van der Waals surface area contributed by atoms with E-state index >= 15 is 9.59 Å². The van der Waals surface area contributed by atoms with Crippen LogP contribution in [0, 0.1) is 11.8 Å². The Bertz CT molecular complexity index is 2300. The summed E-state index contributed by atoms with van der Waals surface area (Å²) in [5.41, 5.74) is 0.699. The second kappa shape index (κ2) is 16.2. The number of benzene rings is 3. The molecule has 3 aliphatic carbocycles. The van der Waals surface area contributed by atoms with Crippen LogP contribution >= 0.6 is 0 Å². The molecule has 1 saturated carbocycles. The summed E-state index contributed by atoms with van der Waals surface area (Å²) in [7, 11) is -1.54. The van der Waals surface area contributed by atoms with Gasteiger partial charge in [-0.2, -0.15) is 0 Å². The molecule has 1 fully saturated rings. The SMILES string of the molecule is C=CCN(CC=C)[C@@H]1c2onc(OCc3ccccc3)c2C(=O)C2(O[Si](C)(C)C(C)(C)C)C(=O)C3=C(O)c4c(OCc5ccccc5)cc(C=O)c(OC)c4C[C@H]3C[C@@H]12. The number of methoxy groups -OCH3 is 1. The minimum Gasteiger partial charge on any atom is -0.507 e. The first-order valence-electron chi connectivity index (χ1n) is 19.9. The highest BCUT2D eigenvalue weighted by Crippen LogP contribution is 2.60. The van der Waals surface area contributed by atoms with Crippen LogP contribution in [0.4, 0.5) is 0 Å². The van der Waals surface area contributed by atoms with E-state index in [1.54, 1.807) is 12.2 Å². The Balaban J connectivity index is 1.47. The van der Waals surface area contributed by atoms with Gasteiger partial charge in [0.1, 0.15) is 36.0 Å². The molecule has 3 aliphatic rings. The first kappa shape index (κ1) is 41.6. The van der Waals surface area contributed by atoms with Crippen molar-refractivity contribution in [2.24, 2.45) is 11.8 Å². The Morgan fingerprint density at radius 1 is 0.949 bits per heavy atom. The quantitative estimate of drug-likeness (QED) is 0.0533. The van der Waals surface area contributed by atoms with Crippen LogP contribution in [0.5, 0.6) is 17.4 Å². The van der Waals surface area contributed by atoms with Gasteiger partial charge in [0, 0.05) is 30.1 Å². The Morgan fingerprint density at radius 3 is 2.12 bits per heavy atom. The lowest BCUT2D eigenvalue weighted by Crippen LogP contribution is -2.68. The van der Waals surface area contributed by atoms with Crippen LogP contribution < -0.4 is 14.2 Å². The molecular formula is C47H52N2O9Si. The van der Waals surface area contributed by atoms with Crippen molar-refractivity contribution in [3.05, 3.63) is 137 Å². The molecule has 11 nitrogen and oxygen atoms in total. The molecule has 0 radical (unpaired) electrons. The zero-order valence-corrected chi connectivity index (χ0v) is 35.6. The third-order valence-electron chi connectivity index (χ3n) is 12.4. The molecule has 7 rings (SSSR count). The highest BCUT2D eigenvalue weighted by atomic mass is 28.4. The average molecular weight is 817 g/mol. The van der Waals surface area contributed by atoms with E-state index in [9.17, 15) is 9.90 Å². The number of ether oxygens (including phenoxy) is 3. The Labute approximate surface area is 346 Å². The highest BCUT2D eigenvalue weighted by Gasteiger charge is 2.69. The molecule has 1 N–H and O–H groups in total. The zero-order valence-electron chi connectivity index (χ0n) is 34.6. The topological polar surface area (TPSA) is 138 Å². The zero-order chi connectivity index (χ0) is 42.3. The molecule has 0 saturated heterocycles. The van der Waals surface area contributed by atoms with Crippen LogP contribution in [-0.4, -0.2) is 67.1 Å². The van der Waals surface area contributed by atoms with Gasteiger partial charge in [0.15, 0.2) is 26.0 Å². The van der Waals surface area contributed by atoms with Crippen molar-refractivity contribution in [2.45, 2.75) is 76.6 Å². The number of carbonyl (C=O) groups excluding carboxylic acids is 3. The van der Waals surface area contributed by atoms with Crippen LogP contribution in [0.2, 0.25) is 18.1 Å². The molecule has 1 heterocycles. The molecule has 4 aromatic rings. The number of ketones is 2. The second-order valence-electron chi connectivity index (χ2n) is 17.0. The van der Waals surface area contributed by atoms with E-state index in [0.29, 0.717) is 24.9 Å². The number of aliphatic hydroxyl groups excluding tert-OH is 1. The van der Waals surface area contributed by atoms with E-state index < -0.39 is 48.4 Å². The maximum Gasteiger partial charge on any atom is 0.265 e. The van der Waals surface area contributed by atoms with Gasteiger partial charge in [0.2, 0.25) is 11.6 Å². The third-order valence-corrected chi connectivity index (χ3v) is 16.8. The van der Waals surface area contributed by atoms with Crippen LogP contribution in [0.3, 0.4) is 0 Å². The number of aldehydes is 1. The number of rotatable bonds is 15. The van der Waals surface area contributed by atoms with E-state index in [1.165, 1.54) is 13.2 Å². The molecule has 308 valence electrons. The lowest BCUT2D eigenvalue weighted by Gasteiger charge is -2.55. The van der Waals surface area contributed by atoms with E-state index in [2.05, 4.69) is 18.3 Å². The largest absolute Gasteiger partial charge is 0.507 e. The number of hydrogen-bond donors (Lipinski definition) is 1. The smallest absolute Gasteiger partial charge is 0.265 e. The van der Waals surface area contributed by atoms with Gasteiger partial charge in [-0.1, -0.05) is 93.6 Å². The normalized spacial score (nSPS) is 21.2. The summed E-state index contributed by atoms with van der Waals surface area (Å²) in [6.07, 6.45) is 4.62. The molecule has 0 amide bonds. The first-order valence-corrected chi connectivity index (χ1v) is 22.8. The van der Waals surface area contributed by atoms with E-state index in [0.717, 1.165) is 11.1 Å². The number of carbonyl (C=O) groups is 3. The van der Waals surface area contributed by atoms with Crippen LogP contribution in [-0.2, 0) is 28.9 Å². The second-order valence-corrected chi connectivity index (χ2v) is 21.7. The molecule has 0 aliphatic heterocycles.